The molecule has 0 aliphatic heterocycles. The lowest BCUT2D eigenvalue weighted by Gasteiger charge is -2.09. The number of nitrogens with one attached hydrogen (secondary N) is 1. The molecule has 28 heavy (non-hydrogen) atoms. The van der Waals surface area contributed by atoms with E-state index in [4.69, 9.17) is 9.47 Å². The minimum absolute atomic E-state index is 0.348. The van der Waals surface area contributed by atoms with Crippen molar-refractivity contribution in [2.75, 3.05) is 11.9 Å². The summed E-state index contributed by atoms with van der Waals surface area (Å²) in [5.74, 6) is -0.231. The average Bonchev–Trinajstić information content (AvgIpc) is 2.73. The first kappa shape index (κ1) is 19.2. The average molecular weight is 375 g/mol. The number of carbonyl (C=O) groups excluding carboxylic acids is 2. The highest BCUT2D eigenvalue weighted by Gasteiger charge is 2.10. The minimum Gasteiger partial charge on any atom is -0.489 e. The standard InChI is InChI=1S/C23H21NO4/c1-17-7-9-19(10-8-17)23(26)28-16-22(25)24-20-11-13-21(14-12-20)27-15-18-5-3-2-4-6-18/h2-14H,15-16H2,1H3,(H,24,25). The number of esters is 1. The van der Waals surface area contributed by atoms with Gasteiger partial charge in [0.1, 0.15) is 12.4 Å². The molecule has 0 radical (unpaired) electrons. The fraction of sp³-hybridized carbons (Fsp3) is 0.130. The van der Waals surface area contributed by atoms with Gasteiger partial charge in [-0.2, -0.15) is 0 Å². The van der Waals surface area contributed by atoms with Gasteiger partial charge >= 0.3 is 5.97 Å². The molecule has 0 unspecified atom stereocenters. The number of rotatable bonds is 7. The Bertz CT molecular complexity index is 919. The van der Waals surface area contributed by atoms with Crippen LogP contribution in [0.1, 0.15) is 21.5 Å². The maximum Gasteiger partial charge on any atom is 0.338 e. The van der Waals surface area contributed by atoms with Crippen molar-refractivity contribution in [1.29, 1.82) is 0 Å². The van der Waals surface area contributed by atoms with Crippen LogP contribution in [0, 0.1) is 6.92 Å². The molecule has 3 aromatic carbocycles. The monoisotopic (exact) mass is 375 g/mol. The Morgan fingerprint density at radius 2 is 1.54 bits per heavy atom. The van der Waals surface area contributed by atoms with Gasteiger partial charge in [0, 0.05) is 5.69 Å². The van der Waals surface area contributed by atoms with E-state index >= 15 is 0 Å². The smallest absolute Gasteiger partial charge is 0.338 e. The molecule has 3 rings (SSSR count). The quantitative estimate of drug-likeness (QED) is 0.623. The van der Waals surface area contributed by atoms with E-state index < -0.39 is 11.9 Å². The first-order chi connectivity index (χ1) is 13.6. The van der Waals surface area contributed by atoms with E-state index in [2.05, 4.69) is 5.32 Å². The lowest BCUT2D eigenvalue weighted by Crippen LogP contribution is -2.20. The first-order valence-electron chi connectivity index (χ1n) is 8.90. The summed E-state index contributed by atoms with van der Waals surface area (Å²) in [6, 6.07) is 23.9. The second-order valence-electron chi connectivity index (χ2n) is 6.29. The Kier molecular flexibility index (Phi) is 6.41. The van der Waals surface area contributed by atoms with Gasteiger partial charge in [0.25, 0.3) is 5.91 Å². The molecule has 142 valence electrons. The zero-order valence-corrected chi connectivity index (χ0v) is 15.6. The van der Waals surface area contributed by atoms with E-state index in [0.29, 0.717) is 23.6 Å². The Labute approximate surface area is 163 Å². The highest BCUT2D eigenvalue weighted by molar-refractivity contribution is 5.95. The predicted octanol–water partition coefficient (Wildman–Crippen LogP) is 4.37. The molecular formula is C23H21NO4. The Hall–Kier alpha value is -3.60. The number of hydrogen-bond acceptors (Lipinski definition) is 4. The maximum atomic E-state index is 12.0. The Morgan fingerprint density at radius 1 is 0.857 bits per heavy atom. The van der Waals surface area contributed by atoms with E-state index in [1.807, 2.05) is 49.4 Å². The van der Waals surface area contributed by atoms with Crippen LogP contribution in [0.2, 0.25) is 0 Å². The third kappa shape index (κ3) is 5.71. The van der Waals surface area contributed by atoms with Crippen molar-refractivity contribution in [2.24, 2.45) is 0 Å². The molecule has 1 amide bonds. The Balaban J connectivity index is 1.45. The van der Waals surface area contributed by atoms with Crippen molar-refractivity contribution in [3.8, 4) is 5.75 Å². The molecule has 5 heteroatoms. The number of benzene rings is 3. The van der Waals surface area contributed by atoms with Crippen LogP contribution >= 0.6 is 0 Å². The second-order valence-corrected chi connectivity index (χ2v) is 6.29. The highest BCUT2D eigenvalue weighted by Crippen LogP contribution is 2.17. The van der Waals surface area contributed by atoms with Crippen LogP contribution in [0.3, 0.4) is 0 Å². The number of hydrogen-bond donors (Lipinski definition) is 1. The van der Waals surface area contributed by atoms with Crippen LogP contribution in [-0.4, -0.2) is 18.5 Å². The first-order valence-corrected chi connectivity index (χ1v) is 8.90. The van der Waals surface area contributed by atoms with Crippen LogP contribution in [0.15, 0.2) is 78.9 Å². The van der Waals surface area contributed by atoms with Crippen molar-refractivity contribution < 1.29 is 19.1 Å². The number of aryl methyl sites for hydroxylation is 1. The van der Waals surface area contributed by atoms with Crippen molar-refractivity contribution >= 4 is 17.6 Å². The molecular weight excluding hydrogens is 354 g/mol. The zero-order valence-electron chi connectivity index (χ0n) is 15.6. The van der Waals surface area contributed by atoms with Gasteiger partial charge in [0.2, 0.25) is 0 Å². The molecule has 0 aromatic heterocycles. The van der Waals surface area contributed by atoms with E-state index in [0.717, 1.165) is 11.1 Å². The van der Waals surface area contributed by atoms with Crippen molar-refractivity contribution in [3.63, 3.8) is 0 Å². The number of carbonyl (C=O) groups is 2. The molecule has 0 saturated heterocycles. The van der Waals surface area contributed by atoms with Gasteiger partial charge in [-0.1, -0.05) is 48.0 Å². The van der Waals surface area contributed by atoms with Crippen molar-refractivity contribution in [1.82, 2.24) is 0 Å². The second kappa shape index (κ2) is 9.37. The summed E-state index contributed by atoms with van der Waals surface area (Å²) in [5, 5.41) is 2.69. The fourth-order valence-corrected chi connectivity index (χ4v) is 2.48. The topological polar surface area (TPSA) is 64.6 Å². The Morgan fingerprint density at radius 3 is 2.21 bits per heavy atom. The summed E-state index contributed by atoms with van der Waals surface area (Å²) in [6.45, 7) is 2.06. The number of anilines is 1. The van der Waals surface area contributed by atoms with Crippen LogP contribution in [-0.2, 0) is 16.1 Å². The van der Waals surface area contributed by atoms with E-state index in [1.165, 1.54) is 0 Å². The van der Waals surface area contributed by atoms with Crippen LogP contribution in [0.25, 0.3) is 0 Å². The molecule has 0 heterocycles. The fourth-order valence-electron chi connectivity index (χ4n) is 2.48. The third-order valence-corrected chi connectivity index (χ3v) is 4.01. The summed E-state index contributed by atoms with van der Waals surface area (Å²) in [5.41, 5.74) is 3.14. The lowest BCUT2D eigenvalue weighted by molar-refractivity contribution is -0.119. The van der Waals surface area contributed by atoms with Gasteiger partial charge in [0.05, 0.1) is 5.56 Å². The van der Waals surface area contributed by atoms with E-state index in [9.17, 15) is 9.59 Å². The molecule has 0 atom stereocenters. The molecule has 0 fully saturated rings. The van der Waals surface area contributed by atoms with E-state index in [-0.39, 0.29) is 6.61 Å². The molecule has 0 aliphatic carbocycles. The molecule has 0 aliphatic rings. The van der Waals surface area contributed by atoms with Gasteiger partial charge < -0.3 is 14.8 Å². The lowest BCUT2D eigenvalue weighted by atomic mass is 10.1. The molecule has 5 nitrogen and oxygen atoms in total. The largest absolute Gasteiger partial charge is 0.489 e. The maximum absolute atomic E-state index is 12.0. The van der Waals surface area contributed by atoms with Gasteiger partial charge in [-0.3, -0.25) is 4.79 Å². The molecule has 3 aromatic rings. The highest BCUT2D eigenvalue weighted by atomic mass is 16.5. The van der Waals surface area contributed by atoms with Crippen LogP contribution in [0.5, 0.6) is 5.75 Å². The molecule has 1 N–H and O–H groups in total. The van der Waals surface area contributed by atoms with Gasteiger partial charge in [0.15, 0.2) is 6.61 Å². The zero-order chi connectivity index (χ0) is 19.8. The molecule has 0 bridgehead atoms. The summed E-state index contributed by atoms with van der Waals surface area (Å²) in [7, 11) is 0. The number of amides is 1. The predicted molar refractivity (Wildman–Crippen MR) is 107 cm³/mol. The summed E-state index contributed by atoms with van der Waals surface area (Å²) in [6.07, 6.45) is 0. The third-order valence-electron chi connectivity index (χ3n) is 4.01. The number of ether oxygens (including phenoxy) is 2. The SMILES string of the molecule is Cc1ccc(C(=O)OCC(=O)Nc2ccc(OCc3ccccc3)cc2)cc1. The van der Waals surface area contributed by atoms with Gasteiger partial charge in [-0.15, -0.1) is 0 Å². The summed E-state index contributed by atoms with van der Waals surface area (Å²) >= 11 is 0. The van der Waals surface area contributed by atoms with Gasteiger partial charge in [-0.05, 0) is 48.9 Å². The summed E-state index contributed by atoms with van der Waals surface area (Å²) < 4.78 is 10.7. The van der Waals surface area contributed by atoms with Gasteiger partial charge in [-0.25, -0.2) is 4.79 Å². The van der Waals surface area contributed by atoms with Crippen LogP contribution < -0.4 is 10.1 Å². The minimum atomic E-state index is -0.528. The van der Waals surface area contributed by atoms with Crippen molar-refractivity contribution in [2.45, 2.75) is 13.5 Å². The van der Waals surface area contributed by atoms with E-state index in [1.54, 1.807) is 36.4 Å². The molecule has 0 saturated carbocycles. The normalized spacial score (nSPS) is 10.2. The molecule has 0 spiro atoms. The van der Waals surface area contributed by atoms with Crippen molar-refractivity contribution in [3.05, 3.63) is 95.6 Å². The summed E-state index contributed by atoms with van der Waals surface area (Å²) in [4.78, 5) is 23.9. The van der Waals surface area contributed by atoms with Crippen LogP contribution in [0.4, 0.5) is 5.69 Å².